The molecule has 2 N–H and O–H groups in total. The van der Waals surface area contributed by atoms with Crippen LogP contribution >= 0.6 is 23.4 Å². The summed E-state index contributed by atoms with van der Waals surface area (Å²) in [5.41, 5.74) is 1.59. The van der Waals surface area contributed by atoms with Gasteiger partial charge in [-0.3, -0.25) is 9.59 Å². The summed E-state index contributed by atoms with van der Waals surface area (Å²) in [6.07, 6.45) is 12.6. The average molecular weight is 481 g/mol. The molecule has 1 aromatic carbocycles. The van der Waals surface area contributed by atoms with E-state index in [1.165, 1.54) is 6.42 Å². The van der Waals surface area contributed by atoms with Gasteiger partial charge in [0.1, 0.15) is 5.78 Å². The van der Waals surface area contributed by atoms with Crippen molar-refractivity contribution in [1.29, 1.82) is 0 Å². The molecule has 1 aromatic rings. The van der Waals surface area contributed by atoms with Crippen molar-refractivity contribution in [2.45, 2.75) is 88.6 Å². The molecule has 0 bridgehead atoms. The summed E-state index contributed by atoms with van der Waals surface area (Å²) in [5.74, 6) is -0.0363. The fourth-order valence-electron chi connectivity index (χ4n) is 3.36. The number of aliphatic hydroxyl groups excluding tert-OH is 1. The van der Waals surface area contributed by atoms with E-state index >= 15 is 0 Å². The van der Waals surface area contributed by atoms with E-state index in [-0.39, 0.29) is 0 Å². The fourth-order valence-corrected chi connectivity index (χ4v) is 4.47. The van der Waals surface area contributed by atoms with Gasteiger partial charge in [-0.05, 0) is 50.2 Å². The number of aliphatic carboxylic acids is 1. The number of allylic oxidation sites excluding steroid dienone is 2. The first-order valence-electron chi connectivity index (χ1n) is 11.6. The van der Waals surface area contributed by atoms with E-state index in [9.17, 15) is 14.7 Å². The maximum atomic E-state index is 11.4. The molecule has 0 aliphatic heterocycles. The summed E-state index contributed by atoms with van der Waals surface area (Å²) in [7, 11) is 0. The molecular formula is C26H37ClO4S. The predicted molar refractivity (Wildman–Crippen MR) is 134 cm³/mol. The Morgan fingerprint density at radius 2 is 1.97 bits per heavy atom. The average Bonchev–Trinajstić information content (AvgIpc) is 2.79. The van der Waals surface area contributed by atoms with Gasteiger partial charge in [0.25, 0.3) is 0 Å². The van der Waals surface area contributed by atoms with Crippen LogP contribution < -0.4 is 0 Å². The maximum absolute atomic E-state index is 11.4. The number of rotatable bonds is 12. The Morgan fingerprint density at radius 1 is 1.22 bits per heavy atom. The van der Waals surface area contributed by atoms with Gasteiger partial charge >= 0.3 is 5.97 Å². The number of unbranched alkanes of at least 4 members (excludes halogenated alkanes) is 3. The molecule has 0 aromatic heterocycles. The van der Waals surface area contributed by atoms with Gasteiger partial charge in [0.05, 0.1) is 6.10 Å². The van der Waals surface area contributed by atoms with E-state index in [0.29, 0.717) is 37.4 Å². The van der Waals surface area contributed by atoms with Crippen LogP contribution in [0.5, 0.6) is 0 Å². The number of Topliss-reactive ketones (excluding diaryl/α,β-unsaturated/α-hetero) is 1. The smallest absolute Gasteiger partial charge is 0.303 e. The number of carbonyl (C=O) groups is 2. The summed E-state index contributed by atoms with van der Waals surface area (Å²) in [5, 5.41) is 18.3. The number of halogens is 1. The first kappa shape index (κ1) is 28.5. The Labute approximate surface area is 202 Å². The molecule has 4 nitrogen and oxygen atoms in total. The SMILES string of the molecule is CCCCCCC(=O)O.O=C1CCCC(/C=C/C(O)CC/C(=C\Cl)Sc2ccccc2)C1. The number of hydrogen-bond acceptors (Lipinski definition) is 4. The molecule has 32 heavy (non-hydrogen) atoms. The lowest BCUT2D eigenvalue weighted by molar-refractivity contribution is -0.137. The minimum atomic E-state index is -0.675. The fraction of sp³-hybridized carbons (Fsp3) is 0.538. The van der Waals surface area contributed by atoms with Crippen LogP contribution in [0.3, 0.4) is 0 Å². The van der Waals surface area contributed by atoms with Crippen molar-refractivity contribution >= 4 is 35.1 Å². The largest absolute Gasteiger partial charge is 0.481 e. The van der Waals surface area contributed by atoms with E-state index in [4.69, 9.17) is 16.7 Å². The Hall–Kier alpha value is -1.56. The molecule has 0 amide bonds. The predicted octanol–water partition coefficient (Wildman–Crippen LogP) is 7.36. The highest BCUT2D eigenvalue weighted by Crippen LogP contribution is 2.30. The monoisotopic (exact) mass is 480 g/mol. The number of carbonyl (C=O) groups excluding carboxylic acids is 1. The molecule has 2 atom stereocenters. The van der Waals surface area contributed by atoms with Gasteiger partial charge < -0.3 is 10.2 Å². The Morgan fingerprint density at radius 3 is 2.59 bits per heavy atom. The summed E-state index contributed by atoms with van der Waals surface area (Å²) in [4.78, 5) is 23.6. The highest BCUT2D eigenvalue weighted by Gasteiger charge is 2.17. The van der Waals surface area contributed by atoms with Crippen molar-refractivity contribution in [3.63, 3.8) is 0 Å². The third kappa shape index (κ3) is 14.5. The first-order chi connectivity index (χ1) is 15.4. The molecule has 2 unspecified atom stereocenters. The van der Waals surface area contributed by atoms with Crippen LogP contribution in [0.25, 0.3) is 0 Å². The van der Waals surface area contributed by atoms with Crippen molar-refractivity contribution in [1.82, 2.24) is 0 Å². The zero-order chi connectivity index (χ0) is 23.6. The van der Waals surface area contributed by atoms with Gasteiger partial charge in [-0.25, -0.2) is 0 Å². The van der Waals surface area contributed by atoms with Gasteiger partial charge in [-0.2, -0.15) is 0 Å². The second kappa shape index (κ2) is 17.9. The number of benzene rings is 1. The van der Waals surface area contributed by atoms with E-state index in [0.717, 1.165) is 48.3 Å². The highest BCUT2D eigenvalue weighted by molar-refractivity contribution is 8.03. The van der Waals surface area contributed by atoms with Crippen LogP contribution in [0.15, 0.2) is 57.8 Å². The normalized spacial score (nSPS) is 17.7. The third-order valence-electron chi connectivity index (χ3n) is 5.17. The second-order valence-corrected chi connectivity index (χ2v) is 9.50. The van der Waals surface area contributed by atoms with Crippen LogP contribution in [0.4, 0.5) is 0 Å². The standard InChI is InChI=1S/C19H23ClO2S.C7H14O2/c20-14-19(23-18-7-2-1-3-8-18)12-11-16(21)10-9-15-5-4-6-17(22)13-15;1-2-3-4-5-6-7(8)9/h1-3,7-10,14-16,21H,4-6,11-13H2;2-6H2,1H3,(H,8,9)/b10-9+,19-14+;. The molecule has 1 aliphatic carbocycles. The van der Waals surface area contributed by atoms with Crippen LogP contribution in [-0.2, 0) is 9.59 Å². The van der Waals surface area contributed by atoms with Crippen LogP contribution in [0.1, 0.15) is 77.6 Å². The van der Waals surface area contributed by atoms with Crippen molar-refractivity contribution < 1.29 is 19.8 Å². The Bertz CT molecular complexity index is 718. The lowest BCUT2D eigenvalue weighted by Gasteiger charge is -2.17. The van der Waals surface area contributed by atoms with Crippen LogP contribution in [0, 0.1) is 5.92 Å². The molecule has 0 radical (unpaired) electrons. The van der Waals surface area contributed by atoms with Crippen molar-refractivity contribution in [3.05, 3.63) is 52.9 Å². The van der Waals surface area contributed by atoms with Gasteiger partial charge in [0, 0.05) is 34.6 Å². The van der Waals surface area contributed by atoms with Crippen LogP contribution in [0.2, 0.25) is 0 Å². The van der Waals surface area contributed by atoms with Crippen molar-refractivity contribution in [3.8, 4) is 0 Å². The highest BCUT2D eigenvalue weighted by atomic mass is 35.5. The van der Waals surface area contributed by atoms with Gasteiger partial charge in [-0.1, -0.05) is 79.9 Å². The van der Waals surface area contributed by atoms with Gasteiger partial charge in [-0.15, -0.1) is 0 Å². The lowest BCUT2D eigenvalue weighted by Crippen LogP contribution is -2.13. The Balaban J connectivity index is 0.000000482. The molecular weight excluding hydrogens is 444 g/mol. The number of hydrogen-bond donors (Lipinski definition) is 2. The Kier molecular flexibility index (Phi) is 16.0. The number of thioether (sulfide) groups is 1. The zero-order valence-electron chi connectivity index (χ0n) is 19.0. The lowest BCUT2D eigenvalue weighted by atomic mass is 9.88. The summed E-state index contributed by atoms with van der Waals surface area (Å²) < 4.78 is 0. The molecule has 0 spiro atoms. The van der Waals surface area contributed by atoms with E-state index in [1.54, 1.807) is 17.3 Å². The second-order valence-electron chi connectivity index (χ2n) is 8.08. The molecule has 1 aliphatic rings. The third-order valence-corrected chi connectivity index (χ3v) is 6.66. The maximum Gasteiger partial charge on any atom is 0.303 e. The number of aliphatic hydroxyl groups is 1. The van der Waals surface area contributed by atoms with E-state index < -0.39 is 12.1 Å². The molecule has 1 saturated carbocycles. The molecule has 1 fully saturated rings. The van der Waals surface area contributed by atoms with Gasteiger partial charge in [0.15, 0.2) is 0 Å². The van der Waals surface area contributed by atoms with E-state index in [1.807, 2.05) is 42.5 Å². The summed E-state index contributed by atoms with van der Waals surface area (Å²) in [6.45, 7) is 2.11. The van der Waals surface area contributed by atoms with Crippen LogP contribution in [-0.4, -0.2) is 28.1 Å². The molecule has 0 heterocycles. The summed E-state index contributed by atoms with van der Waals surface area (Å²) >= 11 is 7.52. The van der Waals surface area contributed by atoms with Crippen molar-refractivity contribution in [2.75, 3.05) is 0 Å². The molecule has 2 rings (SSSR count). The molecule has 6 heteroatoms. The number of carboxylic acids is 1. The minimum Gasteiger partial charge on any atom is -0.481 e. The number of carboxylic acid groups (broad SMARTS) is 1. The first-order valence-corrected chi connectivity index (χ1v) is 12.8. The summed E-state index contributed by atoms with van der Waals surface area (Å²) in [6, 6.07) is 10.1. The molecule has 178 valence electrons. The van der Waals surface area contributed by atoms with Crippen molar-refractivity contribution in [2.24, 2.45) is 5.92 Å². The van der Waals surface area contributed by atoms with E-state index in [2.05, 4.69) is 6.92 Å². The topological polar surface area (TPSA) is 74.6 Å². The zero-order valence-corrected chi connectivity index (χ0v) is 20.6. The minimum absolute atomic E-state index is 0.299. The molecule has 0 saturated heterocycles. The quantitative estimate of drug-likeness (QED) is 0.186. The van der Waals surface area contributed by atoms with Gasteiger partial charge in [0.2, 0.25) is 0 Å². The number of ketones is 1.